The van der Waals surface area contributed by atoms with Gasteiger partial charge in [0.2, 0.25) is 0 Å². The highest BCUT2D eigenvalue weighted by atomic mass is 19.4. The van der Waals surface area contributed by atoms with Crippen molar-refractivity contribution in [3.05, 3.63) is 18.2 Å². The first-order valence-electron chi connectivity index (χ1n) is 6.43. The van der Waals surface area contributed by atoms with Crippen LogP contribution in [0.5, 0.6) is 5.75 Å². The number of hydrogen-bond acceptors (Lipinski definition) is 4. The van der Waals surface area contributed by atoms with E-state index in [9.17, 15) is 13.2 Å². The average Bonchev–Trinajstić information content (AvgIpc) is 2.49. The molecule has 0 atom stereocenters. The largest absolute Gasteiger partial charge is 0.573 e. The second kappa shape index (κ2) is 4.81. The van der Waals surface area contributed by atoms with Gasteiger partial charge in [0.05, 0.1) is 16.9 Å². The van der Waals surface area contributed by atoms with Crippen molar-refractivity contribution >= 4 is 18.3 Å². The van der Waals surface area contributed by atoms with Gasteiger partial charge in [-0.05, 0) is 33.8 Å². The lowest BCUT2D eigenvalue weighted by molar-refractivity contribution is -0.274. The molecule has 0 saturated carbocycles. The summed E-state index contributed by atoms with van der Waals surface area (Å²) in [7, 11) is -0.976. The first-order valence-corrected chi connectivity index (χ1v) is 6.43. The lowest BCUT2D eigenvalue weighted by Gasteiger charge is -2.32. The Morgan fingerprint density at radius 1 is 1.10 bits per heavy atom. The molecule has 8 heteroatoms. The molecule has 116 valence electrons. The Morgan fingerprint density at radius 2 is 1.62 bits per heavy atom. The second-order valence-corrected chi connectivity index (χ2v) is 5.90. The normalized spacial score (nSPS) is 20.6. The molecule has 1 fully saturated rings. The van der Waals surface area contributed by atoms with Crippen molar-refractivity contribution in [3.63, 3.8) is 0 Å². The molecule has 0 unspecified atom stereocenters. The number of nitrogen functional groups attached to an aromatic ring is 1. The Morgan fingerprint density at radius 3 is 2.10 bits per heavy atom. The molecule has 1 aromatic rings. The van der Waals surface area contributed by atoms with Gasteiger partial charge in [0.1, 0.15) is 0 Å². The van der Waals surface area contributed by atoms with Crippen molar-refractivity contribution < 1.29 is 27.2 Å². The number of benzene rings is 1. The standard InChI is InChI=1S/C13H17BF3NO3/c1-11(2)12(3,4)21-14(20-11)8-6-5-7-9(18)10(8)19-13(15,16)17/h5-7H,18H2,1-4H3. The van der Waals surface area contributed by atoms with Gasteiger partial charge in [-0.25, -0.2) is 0 Å². The van der Waals surface area contributed by atoms with Gasteiger partial charge in [0.15, 0.2) is 5.75 Å². The maximum absolute atomic E-state index is 12.5. The van der Waals surface area contributed by atoms with Crippen LogP contribution in [-0.4, -0.2) is 24.7 Å². The number of anilines is 1. The van der Waals surface area contributed by atoms with Gasteiger partial charge in [-0.3, -0.25) is 0 Å². The number of ether oxygens (including phenoxy) is 1. The van der Waals surface area contributed by atoms with E-state index in [1.165, 1.54) is 18.2 Å². The van der Waals surface area contributed by atoms with E-state index in [4.69, 9.17) is 15.0 Å². The zero-order valence-electron chi connectivity index (χ0n) is 12.2. The molecule has 0 bridgehead atoms. The third kappa shape index (κ3) is 3.11. The molecule has 0 amide bonds. The summed E-state index contributed by atoms with van der Waals surface area (Å²) in [5.74, 6) is -0.483. The summed E-state index contributed by atoms with van der Waals surface area (Å²) < 4.78 is 53.1. The van der Waals surface area contributed by atoms with Gasteiger partial charge in [0, 0.05) is 5.46 Å². The minimum atomic E-state index is -4.84. The van der Waals surface area contributed by atoms with Crippen molar-refractivity contribution in [1.82, 2.24) is 0 Å². The van der Waals surface area contributed by atoms with Crippen LogP contribution in [0.25, 0.3) is 0 Å². The van der Waals surface area contributed by atoms with Gasteiger partial charge in [-0.15, -0.1) is 13.2 Å². The Hall–Kier alpha value is -1.41. The summed E-state index contributed by atoms with van der Waals surface area (Å²) in [5, 5.41) is 0. The Bertz CT molecular complexity index is 530. The number of alkyl halides is 3. The second-order valence-electron chi connectivity index (χ2n) is 5.90. The summed E-state index contributed by atoms with van der Waals surface area (Å²) in [6.07, 6.45) is -4.84. The maximum atomic E-state index is 12.5. The van der Waals surface area contributed by atoms with E-state index >= 15 is 0 Å². The molecule has 1 aliphatic rings. The molecule has 1 aliphatic heterocycles. The number of hydrogen-bond donors (Lipinski definition) is 1. The van der Waals surface area contributed by atoms with Crippen LogP contribution in [0.4, 0.5) is 18.9 Å². The molecule has 0 aromatic heterocycles. The van der Waals surface area contributed by atoms with E-state index in [1.807, 2.05) is 27.7 Å². The zero-order chi connectivity index (χ0) is 16.1. The molecular formula is C13H17BF3NO3. The molecule has 21 heavy (non-hydrogen) atoms. The maximum Gasteiger partial charge on any atom is 0.573 e. The van der Waals surface area contributed by atoms with E-state index in [2.05, 4.69) is 4.74 Å². The SMILES string of the molecule is CC1(C)OB(c2cccc(N)c2OC(F)(F)F)OC1(C)C. The summed E-state index contributed by atoms with van der Waals surface area (Å²) in [5.41, 5.74) is 4.25. The molecular weight excluding hydrogens is 286 g/mol. The Kier molecular flexibility index (Phi) is 3.66. The van der Waals surface area contributed by atoms with Crippen LogP contribution >= 0.6 is 0 Å². The first-order chi connectivity index (χ1) is 9.43. The van der Waals surface area contributed by atoms with E-state index in [-0.39, 0.29) is 11.2 Å². The van der Waals surface area contributed by atoms with Gasteiger partial charge in [-0.1, -0.05) is 12.1 Å². The fourth-order valence-corrected chi connectivity index (χ4v) is 1.96. The molecule has 1 heterocycles. The van der Waals surface area contributed by atoms with Crippen molar-refractivity contribution in [1.29, 1.82) is 0 Å². The number of para-hydroxylation sites is 1. The fraction of sp³-hybridized carbons (Fsp3) is 0.538. The van der Waals surface area contributed by atoms with Crippen LogP contribution in [0.1, 0.15) is 27.7 Å². The molecule has 1 aromatic carbocycles. The molecule has 4 nitrogen and oxygen atoms in total. The molecule has 0 aliphatic carbocycles. The van der Waals surface area contributed by atoms with Gasteiger partial charge >= 0.3 is 13.5 Å². The van der Waals surface area contributed by atoms with Crippen LogP contribution in [0.2, 0.25) is 0 Å². The summed E-state index contributed by atoms with van der Waals surface area (Å²) in [6, 6.07) is 4.30. The monoisotopic (exact) mass is 303 g/mol. The summed E-state index contributed by atoms with van der Waals surface area (Å²) in [4.78, 5) is 0. The smallest absolute Gasteiger partial charge is 0.404 e. The van der Waals surface area contributed by atoms with Crippen LogP contribution in [0, 0.1) is 0 Å². The third-order valence-electron chi connectivity index (χ3n) is 3.80. The highest BCUT2D eigenvalue weighted by Gasteiger charge is 2.53. The van der Waals surface area contributed by atoms with Crippen molar-refractivity contribution in [2.75, 3.05) is 5.73 Å². The van der Waals surface area contributed by atoms with Crippen molar-refractivity contribution in [3.8, 4) is 5.75 Å². The summed E-state index contributed by atoms with van der Waals surface area (Å²) in [6.45, 7) is 7.24. The predicted molar refractivity (Wildman–Crippen MR) is 73.3 cm³/mol. The van der Waals surface area contributed by atoms with Crippen LogP contribution in [0.15, 0.2) is 18.2 Å². The van der Waals surface area contributed by atoms with Gasteiger partial charge < -0.3 is 19.8 Å². The third-order valence-corrected chi connectivity index (χ3v) is 3.80. The number of rotatable bonds is 2. The minimum absolute atomic E-state index is 0.117. The van der Waals surface area contributed by atoms with Crippen LogP contribution in [0.3, 0.4) is 0 Å². The van der Waals surface area contributed by atoms with Crippen LogP contribution in [-0.2, 0) is 9.31 Å². The molecule has 0 spiro atoms. The Labute approximate surface area is 121 Å². The number of nitrogens with two attached hydrogens (primary N) is 1. The van der Waals surface area contributed by atoms with E-state index in [0.29, 0.717) is 0 Å². The summed E-state index contributed by atoms with van der Waals surface area (Å²) >= 11 is 0. The molecule has 1 saturated heterocycles. The van der Waals surface area contributed by atoms with Crippen molar-refractivity contribution in [2.45, 2.75) is 45.3 Å². The fourth-order valence-electron chi connectivity index (χ4n) is 1.96. The van der Waals surface area contributed by atoms with E-state index in [1.54, 1.807) is 0 Å². The lowest BCUT2D eigenvalue weighted by Crippen LogP contribution is -2.41. The molecule has 2 N–H and O–H groups in total. The first kappa shape index (κ1) is 16.0. The predicted octanol–water partition coefficient (Wildman–Crippen LogP) is 2.47. The molecule has 0 radical (unpaired) electrons. The zero-order valence-corrected chi connectivity index (χ0v) is 12.2. The average molecular weight is 303 g/mol. The van der Waals surface area contributed by atoms with Crippen molar-refractivity contribution in [2.24, 2.45) is 0 Å². The molecule has 2 rings (SSSR count). The van der Waals surface area contributed by atoms with Gasteiger partial charge in [-0.2, -0.15) is 0 Å². The highest BCUT2D eigenvalue weighted by molar-refractivity contribution is 6.63. The highest BCUT2D eigenvalue weighted by Crippen LogP contribution is 2.38. The topological polar surface area (TPSA) is 53.7 Å². The van der Waals surface area contributed by atoms with Crippen LogP contribution < -0.4 is 15.9 Å². The minimum Gasteiger partial charge on any atom is -0.404 e. The van der Waals surface area contributed by atoms with Gasteiger partial charge in [0.25, 0.3) is 0 Å². The quantitative estimate of drug-likeness (QED) is 0.673. The van der Waals surface area contributed by atoms with E-state index < -0.39 is 30.4 Å². The van der Waals surface area contributed by atoms with E-state index in [0.717, 1.165) is 0 Å². The Balaban J connectivity index is 2.40. The lowest BCUT2D eigenvalue weighted by atomic mass is 9.78. The number of halogens is 3.